The minimum Gasteiger partial charge on any atom is -0.366 e. The highest BCUT2D eigenvalue weighted by molar-refractivity contribution is 6.07. The molecule has 0 aliphatic carbocycles. The predicted molar refractivity (Wildman–Crippen MR) is 104 cm³/mol. The number of unbranched alkanes of at least 4 members (excludes halogenated alkanes) is 9. The molecule has 0 saturated carbocycles. The summed E-state index contributed by atoms with van der Waals surface area (Å²) in [6, 6.07) is 3.52. The first-order chi connectivity index (χ1) is 12.0. The Morgan fingerprint density at radius 2 is 1.32 bits per heavy atom. The van der Waals surface area contributed by atoms with Gasteiger partial charge in [0.15, 0.2) is 0 Å². The number of aryl methyl sites for hydroxylation is 1. The zero-order valence-electron chi connectivity index (χ0n) is 15.9. The molecule has 25 heavy (non-hydrogen) atoms. The molecule has 0 atom stereocenters. The second-order valence-electron chi connectivity index (χ2n) is 6.93. The lowest BCUT2D eigenvalue weighted by Crippen LogP contribution is -2.22. The van der Waals surface area contributed by atoms with Crippen molar-refractivity contribution in [2.45, 2.75) is 84.5 Å². The number of carbonyl (C=O) groups excluding carboxylic acids is 2. The van der Waals surface area contributed by atoms with Crippen molar-refractivity contribution in [3.8, 4) is 0 Å². The number of rotatable bonds is 13. The van der Waals surface area contributed by atoms with E-state index in [2.05, 4.69) is 6.92 Å². The molecular weight excluding hydrogens is 312 g/mol. The van der Waals surface area contributed by atoms with E-state index in [1.165, 1.54) is 57.8 Å². The van der Waals surface area contributed by atoms with E-state index in [1.807, 2.05) is 13.0 Å². The third-order valence-corrected chi connectivity index (χ3v) is 4.89. The largest absolute Gasteiger partial charge is 0.366 e. The normalized spacial score (nSPS) is 10.8. The molecule has 140 valence electrons. The van der Waals surface area contributed by atoms with Crippen molar-refractivity contribution in [2.75, 3.05) is 0 Å². The van der Waals surface area contributed by atoms with Crippen LogP contribution in [0.3, 0.4) is 0 Å². The molecule has 2 amide bonds. The van der Waals surface area contributed by atoms with Gasteiger partial charge >= 0.3 is 0 Å². The van der Waals surface area contributed by atoms with Gasteiger partial charge in [-0.15, -0.1) is 0 Å². The van der Waals surface area contributed by atoms with Crippen molar-refractivity contribution in [2.24, 2.45) is 11.5 Å². The van der Waals surface area contributed by atoms with Crippen molar-refractivity contribution in [1.29, 1.82) is 0 Å². The number of amides is 2. The van der Waals surface area contributed by atoms with Crippen molar-refractivity contribution < 1.29 is 9.59 Å². The van der Waals surface area contributed by atoms with Gasteiger partial charge < -0.3 is 11.5 Å². The molecule has 0 saturated heterocycles. The first kappa shape index (κ1) is 21.2. The van der Waals surface area contributed by atoms with Crippen LogP contribution in [0.5, 0.6) is 0 Å². The molecule has 0 bridgehead atoms. The lowest BCUT2D eigenvalue weighted by molar-refractivity contribution is 0.0966. The van der Waals surface area contributed by atoms with Crippen molar-refractivity contribution in [3.05, 3.63) is 34.4 Å². The molecule has 0 aliphatic rings. The second kappa shape index (κ2) is 11.7. The summed E-state index contributed by atoms with van der Waals surface area (Å²) in [7, 11) is 0. The number of benzene rings is 1. The Morgan fingerprint density at radius 3 is 1.80 bits per heavy atom. The molecule has 4 nitrogen and oxygen atoms in total. The number of carbonyl (C=O) groups is 2. The maximum absolute atomic E-state index is 11.7. The van der Waals surface area contributed by atoms with E-state index >= 15 is 0 Å². The molecule has 0 unspecified atom stereocenters. The Hall–Kier alpha value is -1.84. The monoisotopic (exact) mass is 346 g/mol. The molecule has 1 aromatic carbocycles. The third kappa shape index (κ3) is 7.29. The number of nitrogens with two attached hydrogens (primary N) is 2. The standard InChI is InChI=1S/C21H34N2O2/c1-3-4-5-6-7-8-9-10-11-12-13-17-14-15-18(20(22)24)19(16(17)2)21(23)25/h14-15H,3-13H2,1-2H3,(H2,22,24)(H2,23,25). The Labute approximate surface area is 152 Å². The van der Waals surface area contributed by atoms with Crippen LogP contribution in [0.4, 0.5) is 0 Å². The average Bonchev–Trinajstić information content (AvgIpc) is 2.56. The number of hydrogen-bond donors (Lipinski definition) is 2. The molecule has 0 aliphatic heterocycles. The Balaban J connectivity index is 2.37. The summed E-state index contributed by atoms with van der Waals surface area (Å²) < 4.78 is 0. The van der Waals surface area contributed by atoms with Crippen LogP contribution in [0.15, 0.2) is 12.1 Å². The van der Waals surface area contributed by atoms with Crippen LogP contribution >= 0.6 is 0 Å². The van der Waals surface area contributed by atoms with Crippen molar-refractivity contribution >= 4 is 11.8 Å². The van der Waals surface area contributed by atoms with E-state index in [0.717, 1.165) is 24.0 Å². The lowest BCUT2D eigenvalue weighted by Gasteiger charge is -2.12. The second-order valence-corrected chi connectivity index (χ2v) is 6.93. The summed E-state index contributed by atoms with van der Waals surface area (Å²) in [6.07, 6.45) is 13.8. The molecule has 1 rings (SSSR count). The fourth-order valence-electron chi connectivity index (χ4n) is 3.35. The Bertz CT molecular complexity index is 567. The summed E-state index contributed by atoms with van der Waals surface area (Å²) in [6.45, 7) is 4.09. The summed E-state index contributed by atoms with van der Waals surface area (Å²) in [4.78, 5) is 23.1. The third-order valence-electron chi connectivity index (χ3n) is 4.89. The highest BCUT2D eigenvalue weighted by atomic mass is 16.2. The zero-order valence-corrected chi connectivity index (χ0v) is 15.9. The molecule has 1 aromatic rings. The molecule has 4 N–H and O–H groups in total. The first-order valence-corrected chi connectivity index (χ1v) is 9.71. The fraction of sp³-hybridized carbons (Fsp3) is 0.619. The van der Waals surface area contributed by atoms with Gasteiger partial charge in [0.1, 0.15) is 0 Å². The van der Waals surface area contributed by atoms with Crippen molar-refractivity contribution in [3.63, 3.8) is 0 Å². The maximum atomic E-state index is 11.7. The van der Waals surface area contributed by atoms with Crippen molar-refractivity contribution in [1.82, 2.24) is 0 Å². The van der Waals surface area contributed by atoms with Crippen LogP contribution in [0.2, 0.25) is 0 Å². The van der Waals surface area contributed by atoms with E-state index in [0.29, 0.717) is 0 Å². The Morgan fingerprint density at radius 1 is 0.800 bits per heavy atom. The molecular formula is C21H34N2O2. The van der Waals surface area contributed by atoms with Crippen LogP contribution in [0.25, 0.3) is 0 Å². The van der Waals surface area contributed by atoms with E-state index in [9.17, 15) is 9.59 Å². The summed E-state index contributed by atoms with van der Waals surface area (Å²) in [5.41, 5.74) is 13.1. The van der Waals surface area contributed by atoms with Gasteiger partial charge in [0.2, 0.25) is 11.8 Å². The van der Waals surface area contributed by atoms with Gasteiger partial charge in [0.05, 0.1) is 11.1 Å². The number of hydrogen-bond acceptors (Lipinski definition) is 2. The molecule has 0 heterocycles. The SMILES string of the molecule is CCCCCCCCCCCCc1ccc(C(N)=O)c(C(N)=O)c1C. The lowest BCUT2D eigenvalue weighted by atomic mass is 9.93. The van der Waals surface area contributed by atoms with E-state index < -0.39 is 11.8 Å². The molecule has 0 radical (unpaired) electrons. The zero-order chi connectivity index (χ0) is 18.7. The highest BCUT2D eigenvalue weighted by Gasteiger charge is 2.17. The van der Waals surface area contributed by atoms with Gasteiger partial charge in [-0.25, -0.2) is 0 Å². The van der Waals surface area contributed by atoms with Crippen LogP contribution in [-0.2, 0) is 6.42 Å². The number of primary amides is 2. The van der Waals surface area contributed by atoms with Crippen LogP contribution < -0.4 is 11.5 Å². The van der Waals surface area contributed by atoms with Gasteiger partial charge in [0, 0.05) is 0 Å². The summed E-state index contributed by atoms with van der Waals surface area (Å²) in [5.74, 6) is -1.20. The minimum absolute atomic E-state index is 0.219. The van der Waals surface area contributed by atoms with Crippen LogP contribution in [-0.4, -0.2) is 11.8 Å². The summed E-state index contributed by atoms with van der Waals surface area (Å²) in [5, 5.41) is 0. The quantitative estimate of drug-likeness (QED) is 0.509. The average molecular weight is 347 g/mol. The van der Waals surface area contributed by atoms with E-state index in [1.54, 1.807) is 6.07 Å². The van der Waals surface area contributed by atoms with E-state index in [4.69, 9.17) is 11.5 Å². The van der Waals surface area contributed by atoms with Gasteiger partial charge in [-0.1, -0.05) is 70.8 Å². The first-order valence-electron chi connectivity index (χ1n) is 9.71. The van der Waals surface area contributed by atoms with Crippen LogP contribution in [0, 0.1) is 6.92 Å². The van der Waals surface area contributed by atoms with Crippen LogP contribution in [0.1, 0.15) is 103 Å². The molecule has 0 aromatic heterocycles. The molecule has 4 heteroatoms. The minimum atomic E-state index is -0.609. The van der Waals surface area contributed by atoms with Gasteiger partial charge in [-0.2, -0.15) is 0 Å². The van der Waals surface area contributed by atoms with Gasteiger partial charge in [-0.05, 0) is 37.0 Å². The van der Waals surface area contributed by atoms with Gasteiger partial charge in [-0.3, -0.25) is 9.59 Å². The van der Waals surface area contributed by atoms with E-state index in [-0.39, 0.29) is 11.1 Å². The summed E-state index contributed by atoms with van der Waals surface area (Å²) >= 11 is 0. The Kier molecular flexibility index (Phi) is 9.90. The highest BCUT2D eigenvalue weighted by Crippen LogP contribution is 2.21. The molecule has 0 spiro atoms. The molecule has 0 fully saturated rings. The smallest absolute Gasteiger partial charge is 0.249 e. The van der Waals surface area contributed by atoms with Gasteiger partial charge in [0.25, 0.3) is 0 Å². The fourth-order valence-corrected chi connectivity index (χ4v) is 3.35. The topological polar surface area (TPSA) is 86.2 Å². The maximum Gasteiger partial charge on any atom is 0.249 e. The predicted octanol–water partition coefficient (Wildman–Crippen LogP) is 4.66.